The van der Waals surface area contributed by atoms with E-state index in [4.69, 9.17) is 4.74 Å². The van der Waals surface area contributed by atoms with Crippen LogP contribution in [0.2, 0.25) is 0 Å². The minimum absolute atomic E-state index is 0.608. The number of rotatable bonds is 4. The summed E-state index contributed by atoms with van der Waals surface area (Å²) in [6, 6.07) is 13.4. The number of ether oxygens (including phenoxy) is 1. The fraction of sp³-hybridized carbons (Fsp3) is 0.389. The van der Waals surface area contributed by atoms with Gasteiger partial charge in [-0.3, -0.25) is 4.99 Å². The van der Waals surface area contributed by atoms with Crippen LogP contribution in [0.25, 0.3) is 10.4 Å². The van der Waals surface area contributed by atoms with E-state index < -0.39 is 0 Å². The van der Waals surface area contributed by atoms with E-state index in [-0.39, 0.29) is 0 Å². The third kappa shape index (κ3) is 3.25. The Labute approximate surface area is 130 Å². The summed E-state index contributed by atoms with van der Waals surface area (Å²) in [7, 11) is 0. The number of thiophene rings is 1. The molecule has 0 amide bonds. The van der Waals surface area contributed by atoms with E-state index in [1.54, 1.807) is 11.3 Å². The first-order valence-electron chi connectivity index (χ1n) is 7.47. The molecule has 0 N–H and O–H groups in total. The van der Waals surface area contributed by atoms with Crippen molar-refractivity contribution in [3.63, 3.8) is 0 Å². The van der Waals surface area contributed by atoms with Crippen LogP contribution in [-0.4, -0.2) is 19.9 Å². The summed E-state index contributed by atoms with van der Waals surface area (Å²) in [5.74, 6) is 1.24. The second-order valence-corrected chi connectivity index (χ2v) is 6.89. The number of nitrogens with zero attached hydrogens (tertiary/aromatic N) is 1. The van der Waals surface area contributed by atoms with Crippen LogP contribution in [0.5, 0.6) is 0 Å². The molecule has 1 saturated heterocycles. The molecule has 2 aromatic rings. The van der Waals surface area contributed by atoms with Crippen molar-refractivity contribution >= 4 is 18.1 Å². The predicted octanol–water partition coefficient (Wildman–Crippen LogP) is 4.76. The van der Waals surface area contributed by atoms with E-state index in [1.165, 1.54) is 20.9 Å². The lowest BCUT2D eigenvalue weighted by Crippen LogP contribution is -2.23. The monoisotopic (exact) mass is 299 g/mol. The van der Waals surface area contributed by atoms with Gasteiger partial charge in [-0.15, -0.1) is 11.3 Å². The zero-order valence-electron chi connectivity index (χ0n) is 12.4. The molecule has 110 valence electrons. The van der Waals surface area contributed by atoms with Crippen molar-refractivity contribution in [1.29, 1.82) is 0 Å². The molecule has 2 atom stereocenters. The molecule has 1 aromatic heterocycles. The van der Waals surface area contributed by atoms with Gasteiger partial charge in [0.1, 0.15) is 0 Å². The first-order valence-corrected chi connectivity index (χ1v) is 8.29. The van der Waals surface area contributed by atoms with Gasteiger partial charge in [-0.05, 0) is 48.2 Å². The van der Waals surface area contributed by atoms with Crippen molar-refractivity contribution in [3.05, 3.63) is 46.8 Å². The average molecular weight is 299 g/mol. The molecule has 2 heterocycles. The SMILES string of the molecule is C=NCc1ccc(-c2ccc(C3CCOCC3C)cc2)s1. The topological polar surface area (TPSA) is 21.6 Å². The standard InChI is InChI=1S/C18H21NOS/c1-13-12-20-10-9-17(13)14-3-5-15(6-4-14)18-8-7-16(21-18)11-19-2/h3-8,13,17H,2,9-12H2,1H3. The third-order valence-electron chi connectivity index (χ3n) is 4.19. The molecule has 0 bridgehead atoms. The van der Waals surface area contributed by atoms with E-state index in [2.05, 4.69) is 55.0 Å². The zero-order valence-corrected chi connectivity index (χ0v) is 13.2. The zero-order chi connectivity index (χ0) is 14.7. The van der Waals surface area contributed by atoms with E-state index in [0.717, 1.165) is 19.6 Å². The second kappa shape index (κ2) is 6.54. The number of benzene rings is 1. The molecule has 0 radical (unpaired) electrons. The second-order valence-electron chi connectivity index (χ2n) is 5.72. The van der Waals surface area contributed by atoms with E-state index >= 15 is 0 Å². The van der Waals surface area contributed by atoms with Gasteiger partial charge in [0.05, 0.1) is 6.54 Å². The van der Waals surface area contributed by atoms with Gasteiger partial charge in [-0.25, -0.2) is 0 Å². The Kier molecular flexibility index (Phi) is 4.51. The van der Waals surface area contributed by atoms with E-state index in [1.807, 2.05) is 0 Å². The molecule has 21 heavy (non-hydrogen) atoms. The number of hydrogen-bond acceptors (Lipinski definition) is 3. The maximum absolute atomic E-state index is 5.54. The van der Waals surface area contributed by atoms with Crippen LogP contribution in [0.3, 0.4) is 0 Å². The first kappa shape index (κ1) is 14.5. The van der Waals surface area contributed by atoms with Crippen LogP contribution in [0.1, 0.15) is 29.7 Å². The fourth-order valence-corrected chi connectivity index (χ4v) is 3.96. The summed E-state index contributed by atoms with van der Waals surface area (Å²) >= 11 is 1.80. The van der Waals surface area contributed by atoms with Crippen molar-refractivity contribution < 1.29 is 4.74 Å². The molecule has 0 spiro atoms. The lowest BCUT2D eigenvalue weighted by molar-refractivity contribution is 0.0473. The summed E-state index contributed by atoms with van der Waals surface area (Å²) in [5, 5.41) is 0. The Morgan fingerprint density at radius 3 is 2.76 bits per heavy atom. The highest BCUT2D eigenvalue weighted by molar-refractivity contribution is 7.15. The summed E-state index contributed by atoms with van der Waals surface area (Å²) in [4.78, 5) is 6.52. The van der Waals surface area contributed by atoms with Crippen molar-refractivity contribution in [1.82, 2.24) is 0 Å². The molecule has 1 aliphatic rings. The number of aliphatic imine (C=N–C) groups is 1. The van der Waals surface area contributed by atoms with Crippen molar-refractivity contribution in [3.8, 4) is 10.4 Å². The van der Waals surface area contributed by atoms with Gasteiger partial charge in [0.2, 0.25) is 0 Å². The van der Waals surface area contributed by atoms with Gasteiger partial charge in [0, 0.05) is 23.0 Å². The highest BCUT2D eigenvalue weighted by Gasteiger charge is 2.23. The van der Waals surface area contributed by atoms with Gasteiger partial charge in [-0.1, -0.05) is 31.2 Å². The summed E-state index contributed by atoms with van der Waals surface area (Å²) in [6.45, 7) is 8.32. The molecule has 3 rings (SSSR count). The molecule has 2 nitrogen and oxygen atoms in total. The van der Waals surface area contributed by atoms with Gasteiger partial charge < -0.3 is 4.74 Å². The Morgan fingerprint density at radius 1 is 1.24 bits per heavy atom. The lowest BCUT2D eigenvalue weighted by atomic mass is 9.83. The van der Waals surface area contributed by atoms with Crippen LogP contribution >= 0.6 is 11.3 Å². The Morgan fingerprint density at radius 2 is 2.05 bits per heavy atom. The average Bonchev–Trinajstić information content (AvgIpc) is 2.97. The van der Waals surface area contributed by atoms with Crippen LogP contribution in [0.15, 0.2) is 41.4 Å². The maximum Gasteiger partial charge on any atom is 0.0725 e. The van der Waals surface area contributed by atoms with Crippen molar-refractivity contribution in [2.75, 3.05) is 13.2 Å². The normalized spacial score (nSPS) is 22.1. The van der Waals surface area contributed by atoms with E-state index in [9.17, 15) is 0 Å². The van der Waals surface area contributed by atoms with Gasteiger partial charge in [0.15, 0.2) is 0 Å². The summed E-state index contributed by atoms with van der Waals surface area (Å²) < 4.78 is 5.54. The van der Waals surface area contributed by atoms with Gasteiger partial charge in [-0.2, -0.15) is 0 Å². The molecule has 1 aromatic carbocycles. The smallest absolute Gasteiger partial charge is 0.0725 e. The molecular weight excluding hydrogens is 278 g/mol. The van der Waals surface area contributed by atoms with Gasteiger partial charge in [0.25, 0.3) is 0 Å². The largest absolute Gasteiger partial charge is 0.381 e. The predicted molar refractivity (Wildman–Crippen MR) is 90.3 cm³/mol. The number of hydrogen-bond donors (Lipinski definition) is 0. The Hall–Kier alpha value is -1.45. The Balaban J connectivity index is 1.78. The van der Waals surface area contributed by atoms with E-state index in [0.29, 0.717) is 18.4 Å². The first-order chi connectivity index (χ1) is 10.3. The van der Waals surface area contributed by atoms with Gasteiger partial charge >= 0.3 is 0 Å². The van der Waals surface area contributed by atoms with Crippen LogP contribution in [0.4, 0.5) is 0 Å². The molecular formula is C18H21NOS. The molecule has 1 fully saturated rings. The fourth-order valence-electron chi connectivity index (χ4n) is 3.00. The lowest BCUT2D eigenvalue weighted by Gasteiger charge is -2.29. The minimum atomic E-state index is 0.608. The molecule has 2 unspecified atom stereocenters. The van der Waals surface area contributed by atoms with Crippen molar-refractivity contribution in [2.45, 2.75) is 25.8 Å². The Bertz CT molecular complexity index is 602. The highest BCUT2D eigenvalue weighted by Crippen LogP contribution is 2.34. The maximum atomic E-state index is 5.54. The minimum Gasteiger partial charge on any atom is -0.381 e. The molecule has 0 saturated carbocycles. The summed E-state index contributed by atoms with van der Waals surface area (Å²) in [6.07, 6.45) is 1.13. The van der Waals surface area contributed by atoms with Crippen LogP contribution in [-0.2, 0) is 11.3 Å². The highest BCUT2D eigenvalue weighted by atomic mass is 32.1. The van der Waals surface area contributed by atoms with Crippen LogP contribution in [0, 0.1) is 5.92 Å². The summed E-state index contributed by atoms with van der Waals surface area (Å²) in [5.41, 5.74) is 2.73. The third-order valence-corrected chi connectivity index (χ3v) is 5.31. The quantitative estimate of drug-likeness (QED) is 0.746. The molecule has 1 aliphatic heterocycles. The van der Waals surface area contributed by atoms with Crippen molar-refractivity contribution in [2.24, 2.45) is 10.9 Å². The molecule has 0 aliphatic carbocycles. The van der Waals surface area contributed by atoms with Crippen LogP contribution < -0.4 is 0 Å². The molecule has 3 heteroatoms.